The van der Waals surface area contributed by atoms with Crippen molar-refractivity contribution < 1.29 is 4.74 Å². The lowest BCUT2D eigenvalue weighted by atomic mass is 10.1. The minimum Gasteiger partial charge on any atom is -0.495 e. The number of nitrogen functional groups attached to an aromatic ring is 1. The molecule has 94 valence electrons. The number of hydrogen-bond acceptors (Lipinski definition) is 3. The van der Waals surface area contributed by atoms with E-state index < -0.39 is 0 Å². The number of aryl methyl sites for hydroxylation is 1. The number of rotatable bonds is 3. The van der Waals surface area contributed by atoms with Crippen molar-refractivity contribution in [3.05, 3.63) is 47.0 Å². The van der Waals surface area contributed by atoms with Gasteiger partial charge in [-0.15, -0.1) is 0 Å². The summed E-state index contributed by atoms with van der Waals surface area (Å²) >= 11 is 5.99. The zero-order valence-corrected chi connectivity index (χ0v) is 11.1. The molecule has 2 aromatic carbocycles. The maximum atomic E-state index is 5.99. The number of anilines is 3. The van der Waals surface area contributed by atoms with Crippen LogP contribution in [-0.4, -0.2) is 7.11 Å². The predicted octanol–water partition coefficient (Wildman–Crippen LogP) is 3.98. The van der Waals surface area contributed by atoms with Gasteiger partial charge >= 0.3 is 0 Å². The predicted molar refractivity (Wildman–Crippen MR) is 76.9 cm³/mol. The van der Waals surface area contributed by atoms with E-state index in [1.54, 1.807) is 13.2 Å². The van der Waals surface area contributed by atoms with E-state index in [0.717, 1.165) is 22.7 Å². The highest BCUT2D eigenvalue weighted by Crippen LogP contribution is 2.33. The van der Waals surface area contributed by atoms with Gasteiger partial charge in [0.1, 0.15) is 5.75 Å². The Morgan fingerprint density at radius 3 is 2.67 bits per heavy atom. The van der Waals surface area contributed by atoms with Crippen molar-refractivity contribution in [2.24, 2.45) is 0 Å². The molecule has 3 N–H and O–H groups in total. The molecule has 0 aliphatic carbocycles. The van der Waals surface area contributed by atoms with Gasteiger partial charge in [0.2, 0.25) is 0 Å². The number of halogens is 1. The second-order valence-electron chi connectivity index (χ2n) is 4.01. The molecule has 2 rings (SSSR count). The smallest absolute Gasteiger partial charge is 0.142 e. The third-order valence-corrected chi connectivity index (χ3v) is 2.96. The van der Waals surface area contributed by atoms with Gasteiger partial charge in [0.15, 0.2) is 0 Å². The first-order valence-corrected chi connectivity index (χ1v) is 5.95. The Kier molecular flexibility index (Phi) is 3.63. The molecule has 0 aromatic heterocycles. The lowest BCUT2D eigenvalue weighted by molar-refractivity contribution is 0.417. The summed E-state index contributed by atoms with van der Waals surface area (Å²) in [6, 6.07) is 11.2. The summed E-state index contributed by atoms with van der Waals surface area (Å²) < 4.78 is 5.29. The molecule has 0 fully saturated rings. The molecule has 0 unspecified atom stereocenters. The van der Waals surface area contributed by atoms with Crippen molar-refractivity contribution in [1.82, 2.24) is 0 Å². The van der Waals surface area contributed by atoms with E-state index in [0.29, 0.717) is 10.7 Å². The van der Waals surface area contributed by atoms with E-state index in [4.69, 9.17) is 22.1 Å². The van der Waals surface area contributed by atoms with Crippen molar-refractivity contribution in [1.29, 1.82) is 0 Å². The molecule has 0 aliphatic heterocycles. The maximum Gasteiger partial charge on any atom is 0.142 e. The number of nitrogens with two attached hydrogens (primary N) is 1. The Morgan fingerprint density at radius 1 is 1.22 bits per heavy atom. The summed E-state index contributed by atoms with van der Waals surface area (Å²) in [6.45, 7) is 2.00. The van der Waals surface area contributed by atoms with Crippen LogP contribution in [0.5, 0.6) is 5.75 Å². The molecule has 0 aliphatic rings. The molecular formula is C14H15ClN2O. The molecule has 0 atom stereocenters. The first-order chi connectivity index (χ1) is 8.61. The minimum absolute atomic E-state index is 0.644. The van der Waals surface area contributed by atoms with Gasteiger partial charge in [0.05, 0.1) is 24.2 Å². The zero-order valence-electron chi connectivity index (χ0n) is 10.3. The van der Waals surface area contributed by atoms with Gasteiger partial charge in [-0.1, -0.05) is 23.7 Å². The number of para-hydroxylation sites is 1. The number of ether oxygens (including phenoxy) is 1. The topological polar surface area (TPSA) is 47.3 Å². The normalized spacial score (nSPS) is 10.2. The molecule has 0 heterocycles. The summed E-state index contributed by atoms with van der Waals surface area (Å²) in [5.74, 6) is 0.724. The van der Waals surface area contributed by atoms with Crippen LogP contribution in [0.4, 0.5) is 17.1 Å². The molecule has 4 heteroatoms. The van der Waals surface area contributed by atoms with Crippen molar-refractivity contribution >= 4 is 28.7 Å². The molecule has 3 nitrogen and oxygen atoms in total. The van der Waals surface area contributed by atoms with E-state index in [1.807, 2.05) is 37.3 Å². The third-order valence-electron chi connectivity index (χ3n) is 2.73. The second-order valence-corrected chi connectivity index (χ2v) is 4.45. The number of nitrogens with one attached hydrogen (secondary N) is 1. The van der Waals surface area contributed by atoms with Crippen LogP contribution in [0.15, 0.2) is 36.4 Å². The van der Waals surface area contributed by atoms with Crippen LogP contribution in [0.2, 0.25) is 5.02 Å². The fourth-order valence-corrected chi connectivity index (χ4v) is 1.95. The molecule has 18 heavy (non-hydrogen) atoms. The number of methoxy groups -OCH3 is 1. The fraction of sp³-hybridized carbons (Fsp3) is 0.143. The van der Waals surface area contributed by atoms with Crippen LogP contribution in [0.3, 0.4) is 0 Å². The van der Waals surface area contributed by atoms with Crippen LogP contribution in [-0.2, 0) is 0 Å². The van der Waals surface area contributed by atoms with Gasteiger partial charge < -0.3 is 15.8 Å². The standard InChI is InChI=1S/C14H15ClN2O/c1-9-4-3-5-11(16)14(9)17-12-8-10(15)6-7-13(12)18-2/h3-8,17H,16H2,1-2H3. The third kappa shape index (κ3) is 2.51. The maximum absolute atomic E-state index is 5.99. The van der Waals surface area contributed by atoms with Crippen LogP contribution in [0.1, 0.15) is 5.56 Å². The van der Waals surface area contributed by atoms with Crippen molar-refractivity contribution in [2.75, 3.05) is 18.2 Å². The quantitative estimate of drug-likeness (QED) is 0.823. The van der Waals surface area contributed by atoms with Gasteiger partial charge in [-0.25, -0.2) is 0 Å². The Bertz CT molecular complexity index is 549. The Labute approximate surface area is 112 Å². The van der Waals surface area contributed by atoms with E-state index in [1.165, 1.54) is 0 Å². The van der Waals surface area contributed by atoms with E-state index in [-0.39, 0.29) is 0 Å². The monoisotopic (exact) mass is 262 g/mol. The second kappa shape index (κ2) is 5.19. The van der Waals surface area contributed by atoms with Crippen LogP contribution in [0.25, 0.3) is 0 Å². The van der Waals surface area contributed by atoms with Crippen LogP contribution in [0, 0.1) is 6.92 Å². The summed E-state index contributed by atoms with van der Waals surface area (Å²) in [5, 5.41) is 3.91. The van der Waals surface area contributed by atoms with Gasteiger partial charge in [-0.05, 0) is 36.8 Å². The lowest BCUT2D eigenvalue weighted by Crippen LogP contribution is -2.00. The zero-order chi connectivity index (χ0) is 13.1. The Balaban J connectivity index is 2.42. The molecule has 0 bridgehead atoms. The van der Waals surface area contributed by atoms with Gasteiger partial charge in [-0.2, -0.15) is 0 Å². The van der Waals surface area contributed by atoms with Crippen molar-refractivity contribution in [2.45, 2.75) is 6.92 Å². The Hall–Kier alpha value is -1.87. The SMILES string of the molecule is COc1ccc(Cl)cc1Nc1c(C)cccc1N. The number of hydrogen-bond donors (Lipinski definition) is 2. The highest BCUT2D eigenvalue weighted by Gasteiger charge is 2.08. The highest BCUT2D eigenvalue weighted by atomic mass is 35.5. The number of benzene rings is 2. The van der Waals surface area contributed by atoms with Gasteiger partial charge in [0, 0.05) is 5.02 Å². The minimum atomic E-state index is 0.644. The summed E-state index contributed by atoms with van der Waals surface area (Å²) in [7, 11) is 1.62. The van der Waals surface area contributed by atoms with E-state index in [2.05, 4.69) is 5.32 Å². The van der Waals surface area contributed by atoms with Crippen molar-refractivity contribution in [3.63, 3.8) is 0 Å². The van der Waals surface area contributed by atoms with Crippen molar-refractivity contribution in [3.8, 4) is 5.75 Å². The molecule has 0 saturated heterocycles. The molecule has 0 radical (unpaired) electrons. The average molecular weight is 263 g/mol. The Morgan fingerprint density at radius 2 is 2.00 bits per heavy atom. The van der Waals surface area contributed by atoms with Gasteiger partial charge in [-0.3, -0.25) is 0 Å². The van der Waals surface area contributed by atoms with E-state index >= 15 is 0 Å². The van der Waals surface area contributed by atoms with E-state index in [9.17, 15) is 0 Å². The molecular weight excluding hydrogens is 248 g/mol. The summed E-state index contributed by atoms with van der Waals surface area (Å²) in [6.07, 6.45) is 0. The molecule has 2 aromatic rings. The highest BCUT2D eigenvalue weighted by molar-refractivity contribution is 6.31. The summed E-state index contributed by atoms with van der Waals surface area (Å²) in [5.41, 5.74) is 9.39. The molecule has 0 spiro atoms. The van der Waals surface area contributed by atoms with Gasteiger partial charge in [0.25, 0.3) is 0 Å². The first-order valence-electron chi connectivity index (χ1n) is 5.57. The molecule has 0 amide bonds. The van der Waals surface area contributed by atoms with Crippen LogP contribution >= 0.6 is 11.6 Å². The van der Waals surface area contributed by atoms with Crippen LogP contribution < -0.4 is 15.8 Å². The fourth-order valence-electron chi connectivity index (χ4n) is 1.77. The first kappa shape index (κ1) is 12.6. The lowest BCUT2D eigenvalue weighted by Gasteiger charge is -2.15. The largest absolute Gasteiger partial charge is 0.495 e. The summed E-state index contributed by atoms with van der Waals surface area (Å²) in [4.78, 5) is 0. The molecule has 0 saturated carbocycles. The average Bonchev–Trinajstić information content (AvgIpc) is 2.34.